The summed E-state index contributed by atoms with van der Waals surface area (Å²) in [7, 11) is 1.64. The summed E-state index contributed by atoms with van der Waals surface area (Å²) in [6.45, 7) is 0.438. The maximum absolute atomic E-state index is 13.5. The molecule has 2 rings (SSSR count). The lowest BCUT2D eigenvalue weighted by Crippen LogP contribution is -2.28. The molecule has 1 aromatic carbocycles. The molecule has 1 heterocycles. The van der Waals surface area contributed by atoms with E-state index < -0.39 is 5.82 Å². The molecule has 2 aromatic rings. The highest BCUT2D eigenvalue weighted by atomic mass is 19.1. The fourth-order valence-electron chi connectivity index (χ4n) is 1.76. The molecule has 106 valence electrons. The fourth-order valence-corrected chi connectivity index (χ4v) is 1.76. The first-order chi connectivity index (χ1) is 10.2. The molecule has 4 heteroatoms. The highest BCUT2D eigenvalue weighted by molar-refractivity contribution is 5.94. The maximum Gasteiger partial charge on any atom is 0.256 e. The summed E-state index contributed by atoms with van der Waals surface area (Å²) in [6.07, 6.45) is 2.19. The molecule has 0 saturated carbocycles. The van der Waals surface area contributed by atoms with E-state index in [0.717, 1.165) is 0 Å². The van der Waals surface area contributed by atoms with Gasteiger partial charge in [0.1, 0.15) is 11.5 Å². The zero-order chi connectivity index (χ0) is 15.1. The van der Waals surface area contributed by atoms with Crippen LogP contribution in [-0.2, 0) is 0 Å². The molecule has 0 radical (unpaired) electrons. The van der Waals surface area contributed by atoms with Crippen LogP contribution in [0.15, 0.2) is 48.7 Å². The summed E-state index contributed by atoms with van der Waals surface area (Å²) in [5.41, 5.74) is 0.776. The number of nitrogens with zero attached hydrogens (tertiary/aromatic N) is 2. The van der Waals surface area contributed by atoms with Crippen LogP contribution in [0.4, 0.5) is 4.39 Å². The van der Waals surface area contributed by atoms with Crippen LogP contribution in [0.3, 0.4) is 0 Å². The van der Waals surface area contributed by atoms with Crippen molar-refractivity contribution in [1.29, 1.82) is 0 Å². The number of amides is 1. The van der Waals surface area contributed by atoms with Gasteiger partial charge < -0.3 is 4.90 Å². The van der Waals surface area contributed by atoms with Crippen molar-refractivity contribution < 1.29 is 9.18 Å². The van der Waals surface area contributed by atoms with E-state index in [-0.39, 0.29) is 11.5 Å². The van der Waals surface area contributed by atoms with E-state index >= 15 is 0 Å². The molecule has 0 spiro atoms. The molecule has 0 aliphatic rings. The molecule has 1 aromatic heterocycles. The Morgan fingerprint density at radius 1 is 1.24 bits per heavy atom. The molecule has 0 aliphatic carbocycles. The lowest BCUT2D eigenvalue weighted by atomic mass is 10.2. The number of carbonyl (C=O) groups is 1. The van der Waals surface area contributed by atoms with Gasteiger partial charge in [0, 0.05) is 26.2 Å². The molecular weight excluding hydrogens is 267 g/mol. The van der Waals surface area contributed by atoms with Crippen LogP contribution in [0, 0.1) is 17.7 Å². The monoisotopic (exact) mass is 282 g/mol. The highest BCUT2D eigenvalue weighted by Gasteiger charge is 2.14. The zero-order valence-corrected chi connectivity index (χ0v) is 11.7. The van der Waals surface area contributed by atoms with Crippen LogP contribution in [0.1, 0.15) is 22.5 Å². The van der Waals surface area contributed by atoms with Crippen molar-refractivity contribution in [3.8, 4) is 11.8 Å². The Labute approximate surface area is 123 Å². The fraction of sp³-hybridized carbons (Fsp3) is 0.176. The molecule has 0 aliphatic heterocycles. The third-order valence-corrected chi connectivity index (χ3v) is 2.90. The average molecular weight is 282 g/mol. The Morgan fingerprint density at radius 3 is 2.71 bits per heavy atom. The van der Waals surface area contributed by atoms with Crippen molar-refractivity contribution in [1.82, 2.24) is 9.88 Å². The summed E-state index contributed by atoms with van der Waals surface area (Å²) in [4.78, 5) is 17.6. The number of benzene rings is 1. The molecule has 0 bridgehead atoms. The Bertz CT molecular complexity index is 674. The summed E-state index contributed by atoms with van der Waals surface area (Å²) >= 11 is 0. The van der Waals surface area contributed by atoms with Gasteiger partial charge in [0.25, 0.3) is 5.91 Å². The van der Waals surface area contributed by atoms with Crippen LogP contribution < -0.4 is 0 Å². The molecule has 3 nitrogen and oxygen atoms in total. The first-order valence-corrected chi connectivity index (χ1v) is 6.58. The van der Waals surface area contributed by atoms with E-state index in [9.17, 15) is 9.18 Å². The molecule has 0 N–H and O–H groups in total. The van der Waals surface area contributed by atoms with Crippen molar-refractivity contribution in [2.24, 2.45) is 0 Å². The van der Waals surface area contributed by atoms with Gasteiger partial charge in [-0.15, -0.1) is 0 Å². The average Bonchev–Trinajstić information content (AvgIpc) is 2.52. The van der Waals surface area contributed by atoms with E-state index in [2.05, 4.69) is 16.8 Å². The first kappa shape index (κ1) is 14.7. The smallest absolute Gasteiger partial charge is 0.256 e. The molecule has 1 amide bonds. The maximum atomic E-state index is 13.5. The third kappa shape index (κ3) is 4.15. The second-order valence-corrected chi connectivity index (χ2v) is 4.47. The molecule has 0 atom stereocenters. The van der Waals surface area contributed by atoms with E-state index in [1.807, 2.05) is 18.2 Å². The van der Waals surface area contributed by atoms with E-state index in [1.165, 1.54) is 17.0 Å². The summed E-state index contributed by atoms with van der Waals surface area (Å²) in [5.74, 6) is 5.02. The number of hydrogen-bond donors (Lipinski definition) is 0. The second-order valence-electron chi connectivity index (χ2n) is 4.47. The number of pyridine rings is 1. The van der Waals surface area contributed by atoms with Crippen molar-refractivity contribution in [3.63, 3.8) is 0 Å². The normalized spacial score (nSPS) is 9.62. The number of hydrogen-bond acceptors (Lipinski definition) is 2. The predicted octanol–water partition coefficient (Wildman–Crippen LogP) is 2.73. The molecular formula is C17H15FN2O. The number of halogens is 1. The minimum atomic E-state index is -0.506. The third-order valence-electron chi connectivity index (χ3n) is 2.90. The minimum absolute atomic E-state index is 0.0812. The van der Waals surface area contributed by atoms with Crippen LogP contribution in [0.2, 0.25) is 0 Å². The van der Waals surface area contributed by atoms with Crippen LogP contribution >= 0.6 is 0 Å². The highest BCUT2D eigenvalue weighted by Crippen LogP contribution is 2.09. The quantitative estimate of drug-likeness (QED) is 0.811. The number of aromatic nitrogens is 1. The Kier molecular flexibility index (Phi) is 5.05. The molecule has 0 saturated heterocycles. The number of rotatable bonds is 3. The first-order valence-electron chi connectivity index (χ1n) is 6.58. The van der Waals surface area contributed by atoms with Gasteiger partial charge in [-0.1, -0.05) is 24.1 Å². The Morgan fingerprint density at radius 2 is 2.00 bits per heavy atom. The Hall–Kier alpha value is -2.67. The van der Waals surface area contributed by atoms with Crippen molar-refractivity contribution in [2.75, 3.05) is 13.6 Å². The van der Waals surface area contributed by atoms with Crippen molar-refractivity contribution in [2.45, 2.75) is 6.42 Å². The second kappa shape index (κ2) is 7.20. The van der Waals surface area contributed by atoms with Crippen molar-refractivity contribution >= 4 is 5.91 Å². The summed E-state index contributed by atoms with van der Waals surface area (Å²) in [5, 5.41) is 0. The van der Waals surface area contributed by atoms with Gasteiger partial charge >= 0.3 is 0 Å². The van der Waals surface area contributed by atoms with Crippen LogP contribution in [0.5, 0.6) is 0 Å². The predicted molar refractivity (Wildman–Crippen MR) is 79.1 cm³/mol. The van der Waals surface area contributed by atoms with Gasteiger partial charge in [0.05, 0.1) is 5.56 Å². The van der Waals surface area contributed by atoms with Gasteiger partial charge in [0.2, 0.25) is 0 Å². The van der Waals surface area contributed by atoms with E-state index in [1.54, 1.807) is 25.4 Å². The summed E-state index contributed by atoms with van der Waals surface area (Å²) < 4.78 is 13.5. The Balaban J connectivity index is 1.91. The standard InChI is InChI=1S/C17H15FN2O/c1-20(17(21)15-10-2-3-11-16(15)18)13-7-5-9-14-8-4-6-12-19-14/h2-4,6,8,10-12H,7,13H2,1H3. The van der Waals surface area contributed by atoms with Gasteiger partial charge in [-0.25, -0.2) is 9.37 Å². The van der Waals surface area contributed by atoms with E-state index in [4.69, 9.17) is 0 Å². The minimum Gasteiger partial charge on any atom is -0.341 e. The van der Waals surface area contributed by atoms with Crippen LogP contribution in [0.25, 0.3) is 0 Å². The lowest BCUT2D eigenvalue weighted by Gasteiger charge is -2.15. The SMILES string of the molecule is CN(CCC#Cc1ccccn1)C(=O)c1ccccc1F. The number of carbonyl (C=O) groups excluding carboxylic acids is 1. The topological polar surface area (TPSA) is 33.2 Å². The molecule has 21 heavy (non-hydrogen) atoms. The zero-order valence-electron chi connectivity index (χ0n) is 11.7. The van der Waals surface area contributed by atoms with Crippen LogP contribution in [-0.4, -0.2) is 29.4 Å². The largest absolute Gasteiger partial charge is 0.341 e. The van der Waals surface area contributed by atoms with Gasteiger partial charge in [-0.2, -0.15) is 0 Å². The van der Waals surface area contributed by atoms with E-state index in [0.29, 0.717) is 18.7 Å². The molecule has 0 unspecified atom stereocenters. The molecule has 0 fully saturated rings. The summed E-state index contributed by atoms with van der Waals surface area (Å²) in [6, 6.07) is 11.5. The van der Waals surface area contributed by atoms with Crippen molar-refractivity contribution in [3.05, 3.63) is 65.7 Å². The van der Waals surface area contributed by atoms with Gasteiger partial charge in [0.15, 0.2) is 0 Å². The van der Waals surface area contributed by atoms with Gasteiger partial charge in [-0.05, 0) is 30.2 Å². The van der Waals surface area contributed by atoms with Gasteiger partial charge in [-0.3, -0.25) is 4.79 Å². The lowest BCUT2D eigenvalue weighted by molar-refractivity contribution is 0.0793.